The number of nitrogens with one attached hydrogen (secondary N) is 2. The molecule has 5 nitrogen and oxygen atoms in total. The van der Waals surface area contributed by atoms with E-state index in [0.717, 1.165) is 55.8 Å². The first-order chi connectivity index (χ1) is 17.2. The van der Waals surface area contributed by atoms with Gasteiger partial charge in [-0.05, 0) is 66.9 Å². The third-order valence-electron chi connectivity index (χ3n) is 7.48. The summed E-state index contributed by atoms with van der Waals surface area (Å²) in [6.45, 7) is 3.45. The summed E-state index contributed by atoms with van der Waals surface area (Å²) < 4.78 is 0. The van der Waals surface area contributed by atoms with Crippen molar-refractivity contribution in [2.75, 3.05) is 36.4 Å². The number of rotatable bonds is 5. The summed E-state index contributed by atoms with van der Waals surface area (Å²) >= 11 is 6.12. The largest absolute Gasteiger partial charge is 0.380 e. The van der Waals surface area contributed by atoms with Gasteiger partial charge in [0.25, 0.3) is 0 Å². The molecule has 0 spiro atoms. The van der Waals surface area contributed by atoms with Crippen molar-refractivity contribution in [1.82, 2.24) is 9.88 Å². The molecule has 0 amide bonds. The van der Waals surface area contributed by atoms with Crippen molar-refractivity contribution in [1.29, 1.82) is 0 Å². The molecule has 35 heavy (non-hydrogen) atoms. The number of anilines is 2. The number of nitrogens with zero attached hydrogens (tertiary/aromatic N) is 2. The molecule has 1 aromatic heterocycles. The topological polar surface area (TPSA) is 51.4 Å². The van der Waals surface area contributed by atoms with E-state index in [1.54, 1.807) is 0 Å². The highest BCUT2D eigenvalue weighted by atomic mass is 35.5. The molecule has 0 bridgehead atoms. The van der Waals surface area contributed by atoms with Gasteiger partial charge in [0.1, 0.15) is 0 Å². The lowest BCUT2D eigenvalue weighted by Gasteiger charge is -2.44. The van der Waals surface area contributed by atoms with E-state index < -0.39 is 0 Å². The molecular weight excluding hydrogens is 456 g/mol. The molecule has 2 aliphatic rings. The van der Waals surface area contributed by atoms with E-state index in [9.17, 15) is 4.79 Å². The zero-order chi connectivity index (χ0) is 23.8. The number of aromatic amines is 1. The van der Waals surface area contributed by atoms with E-state index in [0.29, 0.717) is 5.02 Å². The van der Waals surface area contributed by atoms with Gasteiger partial charge in [0, 0.05) is 71.3 Å². The zero-order valence-electron chi connectivity index (χ0n) is 19.6. The van der Waals surface area contributed by atoms with Gasteiger partial charge in [-0.2, -0.15) is 0 Å². The number of hydrogen-bond donors (Lipinski definition) is 2. The molecule has 178 valence electrons. The van der Waals surface area contributed by atoms with Gasteiger partial charge in [-0.15, -0.1) is 0 Å². The number of para-hydroxylation sites is 1. The van der Waals surface area contributed by atoms with Crippen LogP contribution < -0.4 is 10.2 Å². The van der Waals surface area contributed by atoms with Gasteiger partial charge >= 0.3 is 0 Å². The number of aryl methyl sites for hydroxylation is 1. The number of Topliss-reactive ketones (excluding diaryl/α,β-unsaturated/α-hetero) is 1. The molecule has 0 aliphatic carbocycles. The fourth-order valence-corrected chi connectivity index (χ4v) is 5.80. The van der Waals surface area contributed by atoms with Crippen LogP contribution in [0.4, 0.5) is 11.4 Å². The Hall–Kier alpha value is -3.28. The minimum absolute atomic E-state index is 0.0627. The zero-order valence-corrected chi connectivity index (χ0v) is 20.3. The molecule has 2 unspecified atom stereocenters. The fourth-order valence-electron chi connectivity index (χ4n) is 5.67. The Labute approximate surface area is 210 Å². The van der Waals surface area contributed by atoms with Crippen molar-refractivity contribution < 1.29 is 4.79 Å². The Morgan fingerprint density at radius 3 is 2.54 bits per heavy atom. The van der Waals surface area contributed by atoms with Crippen LogP contribution in [0.25, 0.3) is 10.9 Å². The van der Waals surface area contributed by atoms with Crippen LogP contribution in [-0.4, -0.2) is 53.9 Å². The molecule has 2 aliphatic heterocycles. The SMILES string of the molecule is O=C(c1ccc(Cl)cc1)C(C1CCc2ccccc2N1)N1CCN(c2cccc3[nH]ccc23)CC1. The minimum atomic E-state index is -0.227. The molecule has 2 atom stereocenters. The Kier molecular flexibility index (Phi) is 5.96. The number of carbonyl (C=O) groups excluding carboxylic acids is 1. The number of ketones is 1. The molecule has 1 saturated heterocycles. The van der Waals surface area contributed by atoms with Crippen molar-refractivity contribution in [2.24, 2.45) is 0 Å². The van der Waals surface area contributed by atoms with E-state index in [1.807, 2.05) is 30.5 Å². The summed E-state index contributed by atoms with van der Waals surface area (Å²) in [5.41, 5.74) is 5.61. The van der Waals surface area contributed by atoms with Gasteiger partial charge < -0.3 is 15.2 Å². The summed E-state index contributed by atoms with van der Waals surface area (Å²) in [6.07, 6.45) is 3.91. The molecule has 2 N–H and O–H groups in total. The van der Waals surface area contributed by atoms with Crippen LogP contribution in [0.1, 0.15) is 22.3 Å². The molecule has 6 heteroatoms. The van der Waals surface area contributed by atoms with Crippen LogP contribution in [0, 0.1) is 0 Å². The van der Waals surface area contributed by atoms with Crippen LogP contribution in [0.5, 0.6) is 0 Å². The lowest BCUT2D eigenvalue weighted by Crippen LogP contribution is -2.58. The second-order valence-electron chi connectivity index (χ2n) is 9.50. The van der Waals surface area contributed by atoms with E-state index >= 15 is 0 Å². The van der Waals surface area contributed by atoms with E-state index in [2.05, 4.69) is 68.6 Å². The number of fused-ring (bicyclic) bond motifs is 2. The average molecular weight is 485 g/mol. The lowest BCUT2D eigenvalue weighted by atomic mass is 9.88. The Balaban J connectivity index is 1.26. The van der Waals surface area contributed by atoms with Crippen molar-refractivity contribution in [3.8, 4) is 0 Å². The smallest absolute Gasteiger partial charge is 0.182 e. The van der Waals surface area contributed by atoms with E-state index in [-0.39, 0.29) is 17.9 Å². The van der Waals surface area contributed by atoms with Gasteiger partial charge in [-0.3, -0.25) is 9.69 Å². The molecule has 3 aromatic carbocycles. The number of benzene rings is 3. The average Bonchev–Trinajstić information content (AvgIpc) is 3.39. The lowest BCUT2D eigenvalue weighted by molar-refractivity contribution is 0.0771. The third-order valence-corrected chi connectivity index (χ3v) is 7.73. The number of aromatic nitrogens is 1. The van der Waals surface area contributed by atoms with Crippen LogP contribution in [-0.2, 0) is 6.42 Å². The summed E-state index contributed by atoms with van der Waals surface area (Å²) in [4.78, 5) is 22.1. The fraction of sp³-hybridized carbons (Fsp3) is 0.276. The Morgan fingerprint density at radius 1 is 0.914 bits per heavy atom. The maximum Gasteiger partial charge on any atom is 0.182 e. The third kappa shape index (κ3) is 4.30. The summed E-state index contributed by atoms with van der Waals surface area (Å²) in [7, 11) is 0. The van der Waals surface area contributed by atoms with Crippen LogP contribution in [0.3, 0.4) is 0 Å². The highest BCUT2D eigenvalue weighted by molar-refractivity contribution is 6.30. The quantitative estimate of drug-likeness (QED) is 0.361. The first kappa shape index (κ1) is 22.2. The van der Waals surface area contributed by atoms with Crippen molar-refractivity contribution >= 4 is 39.7 Å². The van der Waals surface area contributed by atoms with E-state index in [1.165, 1.54) is 16.6 Å². The minimum Gasteiger partial charge on any atom is -0.380 e. The van der Waals surface area contributed by atoms with Crippen molar-refractivity contribution in [3.05, 3.63) is 95.1 Å². The summed E-state index contributed by atoms with van der Waals surface area (Å²) in [5, 5.41) is 5.61. The molecule has 6 rings (SSSR count). The standard InChI is InChI=1S/C29H29ClN4O/c30-22-11-8-21(9-12-22)29(35)28(26-13-10-20-4-1-2-5-24(20)32-26)34-18-16-33(17-19-34)27-7-3-6-25-23(27)14-15-31-25/h1-9,11-12,14-15,26,28,31-32H,10,13,16-19H2. The highest BCUT2D eigenvalue weighted by Gasteiger charge is 2.37. The number of piperazine rings is 1. The van der Waals surface area contributed by atoms with Gasteiger partial charge in [-0.1, -0.05) is 35.9 Å². The normalized spacial score (nSPS) is 19.2. The summed E-state index contributed by atoms with van der Waals surface area (Å²) in [5.74, 6) is 0.166. The maximum atomic E-state index is 13.9. The number of hydrogen-bond acceptors (Lipinski definition) is 4. The number of carbonyl (C=O) groups is 1. The predicted molar refractivity (Wildman–Crippen MR) is 144 cm³/mol. The monoisotopic (exact) mass is 484 g/mol. The molecular formula is C29H29ClN4O. The van der Waals surface area contributed by atoms with Gasteiger partial charge in [0.05, 0.1) is 6.04 Å². The molecule has 0 radical (unpaired) electrons. The summed E-state index contributed by atoms with van der Waals surface area (Å²) in [6, 6.07) is 24.2. The molecule has 1 fully saturated rings. The molecule has 0 saturated carbocycles. The van der Waals surface area contributed by atoms with E-state index in [4.69, 9.17) is 11.6 Å². The number of H-pyrrole nitrogens is 1. The molecule has 3 heterocycles. The molecule has 4 aromatic rings. The van der Waals surface area contributed by atoms with Crippen LogP contribution in [0.2, 0.25) is 5.02 Å². The predicted octanol–water partition coefficient (Wildman–Crippen LogP) is 5.62. The van der Waals surface area contributed by atoms with Crippen LogP contribution >= 0.6 is 11.6 Å². The maximum absolute atomic E-state index is 13.9. The van der Waals surface area contributed by atoms with Gasteiger partial charge in [-0.25, -0.2) is 0 Å². The van der Waals surface area contributed by atoms with Crippen molar-refractivity contribution in [2.45, 2.75) is 24.9 Å². The first-order valence-electron chi connectivity index (χ1n) is 12.4. The Morgan fingerprint density at radius 2 is 1.71 bits per heavy atom. The number of halogens is 1. The Bertz CT molecular complexity index is 1340. The van der Waals surface area contributed by atoms with Gasteiger partial charge in [0.15, 0.2) is 5.78 Å². The van der Waals surface area contributed by atoms with Crippen molar-refractivity contribution in [3.63, 3.8) is 0 Å². The first-order valence-corrected chi connectivity index (χ1v) is 12.7. The second-order valence-corrected chi connectivity index (χ2v) is 9.94. The van der Waals surface area contributed by atoms with Gasteiger partial charge in [0.2, 0.25) is 0 Å². The highest BCUT2D eigenvalue weighted by Crippen LogP contribution is 2.31. The van der Waals surface area contributed by atoms with Crippen LogP contribution in [0.15, 0.2) is 79.0 Å². The second kappa shape index (κ2) is 9.40.